The number of aromatic hydroxyl groups is 1. The van der Waals surface area contributed by atoms with E-state index in [4.69, 9.17) is 0 Å². The summed E-state index contributed by atoms with van der Waals surface area (Å²) in [5.41, 5.74) is 0.248. The summed E-state index contributed by atoms with van der Waals surface area (Å²) in [5.74, 6) is -2.34. The number of benzene rings is 2. The Morgan fingerprint density at radius 1 is 1.13 bits per heavy atom. The van der Waals surface area contributed by atoms with Gasteiger partial charge in [0.15, 0.2) is 23.1 Å². The van der Waals surface area contributed by atoms with Crippen LogP contribution < -0.4 is 10.6 Å². The zero-order valence-corrected chi connectivity index (χ0v) is 20.4. The first-order chi connectivity index (χ1) is 17.9. The van der Waals surface area contributed by atoms with Gasteiger partial charge in [-0.3, -0.25) is 19.9 Å². The van der Waals surface area contributed by atoms with Gasteiger partial charge >= 0.3 is 6.18 Å². The number of rotatable bonds is 5. The van der Waals surface area contributed by atoms with E-state index in [0.29, 0.717) is 16.9 Å². The van der Waals surface area contributed by atoms with Gasteiger partial charge in [0.2, 0.25) is 5.96 Å². The van der Waals surface area contributed by atoms with Gasteiger partial charge < -0.3 is 10.4 Å². The van der Waals surface area contributed by atoms with Crippen molar-refractivity contribution in [2.75, 3.05) is 5.32 Å². The number of aliphatic imine (C=N–C) groups is 1. The van der Waals surface area contributed by atoms with Crippen molar-refractivity contribution in [1.82, 2.24) is 25.3 Å². The van der Waals surface area contributed by atoms with Gasteiger partial charge in [0.25, 0.3) is 5.91 Å². The van der Waals surface area contributed by atoms with Crippen LogP contribution in [0.15, 0.2) is 59.7 Å². The standard InChI is InChI=1S/C25H23F4N7O2/c1-13(2)14-4-7-16(8-5-14)30-24(32-23(38)17-12-36(3)35-22(17)25(27,28)29)31-21-11-19(33-34-21)15-6-9-20(37)18(26)10-15/h4-13,37H,1-3H3,(H3,30,31,32,33,34,38). The number of nitrogens with zero attached hydrogens (tertiary/aromatic N) is 4. The summed E-state index contributed by atoms with van der Waals surface area (Å²) in [6.45, 7) is 4.05. The van der Waals surface area contributed by atoms with Gasteiger partial charge in [-0.1, -0.05) is 26.0 Å². The van der Waals surface area contributed by atoms with Gasteiger partial charge in [-0.15, -0.1) is 0 Å². The number of halogens is 4. The maximum Gasteiger partial charge on any atom is 0.435 e. The average Bonchev–Trinajstić information content (AvgIpc) is 3.48. The Bertz CT molecular complexity index is 1490. The second-order valence-corrected chi connectivity index (χ2v) is 8.69. The van der Waals surface area contributed by atoms with Crippen LogP contribution in [-0.4, -0.2) is 37.0 Å². The Hall–Kier alpha value is -4.68. The molecule has 0 saturated carbocycles. The maximum absolute atomic E-state index is 13.8. The minimum atomic E-state index is -4.85. The van der Waals surface area contributed by atoms with Crippen molar-refractivity contribution in [3.05, 3.63) is 77.4 Å². The van der Waals surface area contributed by atoms with E-state index in [1.807, 2.05) is 26.0 Å². The van der Waals surface area contributed by atoms with E-state index >= 15 is 0 Å². The summed E-state index contributed by atoms with van der Waals surface area (Å²) in [5, 5.41) is 24.7. The number of nitrogens with one attached hydrogen (secondary N) is 3. The van der Waals surface area contributed by atoms with Gasteiger partial charge in [-0.25, -0.2) is 4.39 Å². The molecule has 0 aliphatic rings. The number of hydrogen-bond acceptors (Lipinski definition) is 5. The summed E-state index contributed by atoms with van der Waals surface area (Å²) in [7, 11) is 1.27. The molecule has 0 aliphatic carbocycles. The van der Waals surface area contributed by atoms with Crippen LogP contribution in [0.25, 0.3) is 11.3 Å². The van der Waals surface area contributed by atoms with E-state index in [1.54, 1.807) is 12.1 Å². The van der Waals surface area contributed by atoms with Gasteiger partial charge in [-0.2, -0.15) is 28.4 Å². The Morgan fingerprint density at radius 2 is 1.84 bits per heavy atom. The highest BCUT2D eigenvalue weighted by atomic mass is 19.4. The third-order valence-electron chi connectivity index (χ3n) is 5.46. The number of carbonyl (C=O) groups excluding carboxylic acids is 1. The zero-order chi connectivity index (χ0) is 27.6. The van der Waals surface area contributed by atoms with Crippen molar-refractivity contribution in [2.24, 2.45) is 12.0 Å². The van der Waals surface area contributed by atoms with Gasteiger partial charge in [0.05, 0.1) is 11.3 Å². The SMILES string of the molecule is CC(C)c1ccc(NC(=Nc2cc(-c3ccc(O)c(F)c3)[nH]n2)NC(=O)c2cn(C)nc2C(F)(F)F)cc1. The summed E-state index contributed by atoms with van der Waals surface area (Å²) in [6, 6.07) is 12.4. The molecular weight excluding hydrogens is 506 g/mol. The average molecular weight is 529 g/mol. The minimum absolute atomic E-state index is 0.0392. The number of phenolic OH excluding ortho intramolecular Hbond substituents is 1. The number of carbonyl (C=O) groups is 1. The number of phenols is 1. The zero-order valence-electron chi connectivity index (χ0n) is 20.4. The molecule has 0 unspecified atom stereocenters. The second-order valence-electron chi connectivity index (χ2n) is 8.69. The largest absolute Gasteiger partial charge is 0.505 e. The molecule has 4 aromatic rings. The monoisotopic (exact) mass is 529 g/mol. The maximum atomic E-state index is 13.8. The van der Waals surface area contributed by atoms with Crippen molar-refractivity contribution >= 4 is 23.4 Å². The molecule has 0 bridgehead atoms. The van der Waals surface area contributed by atoms with Crippen molar-refractivity contribution < 1.29 is 27.5 Å². The lowest BCUT2D eigenvalue weighted by Gasteiger charge is -2.13. The Labute approximate surface area is 214 Å². The van der Waals surface area contributed by atoms with E-state index in [1.165, 1.54) is 25.2 Å². The van der Waals surface area contributed by atoms with Crippen LogP contribution in [0.3, 0.4) is 0 Å². The lowest BCUT2D eigenvalue weighted by molar-refractivity contribution is -0.141. The van der Waals surface area contributed by atoms with E-state index < -0.39 is 34.9 Å². The summed E-state index contributed by atoms with van der Waals surface area (Å²) >= 11 is 0. The molecule has 0 fully saturated rings. The molecule has 198 valence electrons. The molecule has 0 aliphatic heterocycles. The fraction of sp³-hybridized carbons (Fsp3) is 0.200. The minimum Gasteiger partial charge on any atom is -0.505 e. The third-order valence-corrected chi connectivity index (χ3v) is 5.46. The number of amides is 1. The predicted octanol–water partition coefficient (Wildman–Crippen LogP) is 5.33. The summed E-state index contributed by atoms with van der Waals surface area (Å²) in [6.07, 6.45) is -3.89. The number of aryl methyl sites for hydroxylation is 1. The van der Waals surface area contributed by atoms with Crippen LogP contribution in [0.1, 0.15) is 41.4 Å². The van der Waals surface area contributed by atoms with Gasteiger partial charge in [-0.05, 0) is 41.8 Å². The first kappa shape index (κ1) is 26.4. The lowest BCUT2D eigenvalue weighted by atomic mass is 10.0. The highest BCUT2D eigenvalue weighted by Crippen LogP contribution is 2.31. The van der Waals surface area contributed by atoms with E-state index in [9.17, 15) is 27.5 Å². The van der Waals surface area contributed by atoms with Crippen LogP contribution in [0.2, 0.25) is 0 Å². The smallest absolute Gasteiger partial charge is 0.435 e. The number of aromatic nitrogens is 4. The second kappa shape index (κ2) is 10.4. The highest BCUT2D eigenvalue weighted by molar-refractivity contribution is 6.11. The molecule has 13 heteroatoms. The van der Waals surface area contributed by atoms with Gasteiger partial charge in [0, 0.05) is 30.6 Å². The van der Waals surface area contributed by atoms with Gasteiger partial charge in [0.1, 0.15) is 0 Å². The topological polar surface area (TPSA) is 120 Å². The first-order valence-electron chi connectivity index (χ1n) is 11.3. The highest BCUT2D eigenvalue weighted by Gasteiger charge is 2.39. The molecular formula is C25H23F4N7O2. The van der Waals surface area contributed by atoms with E-state index in [0.717, 1.165) is 22.5 Å². The first-order valence-corrected chi connectivity index (χ1v) is 11.3. The number of hydrogen-bond donors (Lipinski definition) is 4. The molecule has 2 aromatic heterocycles. The lowest BCUT2D eigenvalue weighted by Crippen LogP contribution is -2.36. The Morgan fingerprint density at radius 3 is 2.47 bits per heavy atom. The van der Waals surface area contributed by atoms with Crippen LogP contribution in [0.4, 0.5) is 29.1 Å². The number of alkyl halides is 3. The van der Waals surface area contributed by atoms with Crippen molar-refractivity contribution in [2.45, 2.75) is 25.9 Å². The fourth-order valence-corrected chi connectivity index (χ4v) is 3.52. The number of H-pyrrole nitrogens is 1. The van der Waals surface area contributed by atoms with E-state index in [2.05, 4.69) is 30.9 Å². The fourth-order valence-electron chi connectivity index (χ4n) is 3.52. The summed E-state index contributed by atoms with van der Waals surface area (Å²) in [4.78, 5) is 17.1. The molecule has 4 rings (SSSR count). The Kier molecular flexibility index (Phi) is 7.19. The Balaban J connectivity index is 1.67. The molecule has 2 aromatic carbocycles. The number of guanidine groups is 1. The van der Waals surface area contributed by atoms with Crippen molar-refractivity contribution in [3.8, 4) is 17.0 Å². The summed E-state index contributed by atoms with van der Waals surface area (Å²) < 4.78 is 54.9. The molecule has 1 amide bonds. The number of anilines is 1. The molecule has 38 heavy (non-hydrogen) atoms. The molecule has 0 spiro atoms. The van der Waals surface area contributed by atoms with E-state index in [-0.39, 0.29) is 17.7 Å². The number of aromatic amines is 1. The molecule has 9 nitrogen and oxygen atoms in total. The van der Waals surface area contributed by atoms with Crippen LogP contribution in [0.5, 0.6) is 5.75 Å². The van der Waals surface area contributed by atoms with Crippen LogP contribution in [-0.2, 0) is 13.2 Å². The normalized spacial score (nSPS) is 12.2. The van der Waals surface area contributed by atoms with Crippen LogP contribution >= 0.6 is 0 Å². The quantitative estimate of drug-likeness (QED) is 0.158. The van der Waals surface area contributed by atoms with Crippen LogP contribution in [0, 0.1) is 5.82 Å². The van der Waals surface area contributed by atoms with Crippen molar-refractivity contribution in [3.63, 3.8) is 0 Å². The van der Waals surface area contributed by atoms with Crippen molar-refractivity contribution in [1.29, 1.82) is 0 Å². The third kappa shape index (κ3) is 5.99. The molecule has 0 radical (unpaired) electrons. The molecule has 4 N–H and O–H groups in total. The molecule has 0 atom stereocenters. The predicted molar refractivity (Wildman–Crippen MR) is 133 cm³/mol. The molecule has 2 heterocycles. The molecule has 0 saturated heterocycles.